The topological polar surface area (TPSA) is 48.3 Å². The first-order chi connectivity index (χ1) is 10.2. The third-order valence-corrected chi connectivity index (χ3v) is 5.28. The van der Waals surface area contributed by atoms with Crippen LogP contribution in [0.1, 0.15) is 51.9 Å². The van der Waals surface area contributed by atoms with Crippen molar-refractivity contribution in [3.05, 3.63) is 0 Å². The van der Waals surface area contributed by atoms with Crippen LogP contribution in [-0.4, -0.2) is 49.8 Å². The standard InChI is InChI=1S/C17H31N3O/c1-3-12-21-16-7-5-10-20(13-16)11-8-15-6-4-9-17(15,14-18)19-2/h15-16,19H,3-13H2,1-2H3. The molecule has 1 aliphatic heterocycles. The number of rotatable bonds is 7. The van der Waals surface area contributed by atoms with Gasteiger partial charge in [0.1, 0.15) is 5.54 Å². The number of likely N-dealkylation sites (tertiary alicyclic amines) is 1. The molecule has 3 unspecified atom stereocenters. The van der Waals surface area contributed by atoms with Crippen LogP contribution in [0.2, 0.25) is 0 Å². The van der Waals surface area contributed by atoms with E-state index in [0.717, 1.165) is 39.0 Å². The zero-order valence-corrected chi connectivity index (χ0v) is 13.7. The third-order valence-electron chi connectivity index (χ3n) is 5.28. The van der Waals surface area contributed by atoms with Gasteiger partial charge in [0, 0.05) is 13.2 Å². The van der Waals surface area contributed by atoms with E-state index in [9.17, 15) is 5.26 Å². The summed E-state index contributed by atoms with van der Waals surface area (Å²) in [5.41, 5.74) is -0.270. The molecule has 0 radical (unpaired) electrons. The highest BCUT2D eigenvalue weighted by molar-refractivity contribution is 5.13. The van der Waals surface area contributed by atoms with Gasteiger partial charge in [0.25, 0.3) is 0 Å². The number of hydrogen-bond donors (Lipinski definition) is 1. The van der Waals surface area contributed by atoms with Gasteiger partial charge in [-0.2, -0.15) is 5.26 Å². The second-order valence-electron chi connectivity index (χ2n) is 6.65. The van der Waals surface area contributed by atoms with Gasteiger partial charge in [-0.15, -0.1) is 0 Å². The van der Waals surface area contributed by atoms with Crippen LogP contribution in [0.15, 0.2) is 0 Å². The van der Waals surface area contributed by atoms with Crippen molar-refractivity contribution >= 4 is 0 Å². The minimum Gasteiger partial charge on any atom is -0.377 e. The van der Waals surface area contributed by atoms with Crippen molar-refractivity contribution in [1.29, 1.82) is 5.26 Å². The van der Waals surface area contributed by atoms with E-state index < -0.39 is 0 Å². The lowest BCUT2D eigenvalue weighted by atomic mass is 9.86. The molecule has 0 aromatic carbocycles. The zero-order chi connectivity index (χ0) is 15.1. The maximum atomic E-state index is 9.52. The molecule has 2 aliphatic rings. The fraction of sp³-hybridized carbons (Fsp3) is 0.941. The molecule has 4 heteroatoms. The molecule has 21 heavy (non-hydrogen) atoms. The fourth-order valence-electron chi connectivity index (χ4n) is 3.98. The van der Waals surface area contributed by atoms with Crippen LogP contribution in [0.4, 0.5) is 0 Å². The molecule has 0 spiro atoms. The predicted octanol–water partition coefficient (Wildman–Crippen LogP) is 2.55. The highest BCUT2D eigenvalue weighted by Crippen LogP contribution is 2.37. The Morgan fingerprint density at radius 2 is 2.24 bits per heavy atom. The van der Waals surface area contributed by atoms with Crippen LogP contribution in [0, 0.1) is 17.2 Å². The number of ether oxygens (including phenoxy) is 1. The third kappa shape index (κ3) is 4.18. The van der Waals surface area contributed by atoms with Gasteiger partial charge in [-0.1, -0.05) is 13.3 Å². The molecule has 0 aromatic rings. The molecule has 120 valence electrons. The summed E-state index contributed by atoms with van der Waals surface area (Å²) < 4.78 is 5.91. The lowest BCUT2D eigenvalue weighted by Crippen LogP contribution is -2.47. The average Bonchev–Trinajstić information content (AvgIpc) is 2.94. The van der Waals surface area contributed by atoms with Crippen molar-refractivity contribution in [3.8, 4) is 6.07 Å². The van der Waals surface area contributed by atoms with E-state index in [4.69, 9.17) is 4.74 Å². The van der Waals surface area contributed by atoms with Crippen LogP contribution < -0.4 is 5.32 Å². The fourth-order valence-corrected chi connectivity index (χ4v) is 3.98. The number of nitriles is 1. The summed E-state index contributed by atoms with van der Waals surface area (Å²) >= 11 is 0. The van der Waals surface area contributed by atoms with Crippen molar-refractivity contribution < 1.29 is 4.74 Å². The van der Waals surface area contributed by atoms with E-state index >= 15 is 0 Å². The summed E-state index contributed by atoms with van der Waals surface area (Å²) in [6, 6.07) is 2.55. The van der Waals surface area contributed by atoms with Gasteiger partial charge >= 0.3 is 0 Å². The van der Waals surface area contributed by atoms with Gasteiger partial charge in [0.05, 0.1) is 12.2 Å². The first-order valence-electron chi connectivity index (χ1n) is 8.68. The second kappa shape index (κ2) is 8.12. The summed E-state index contributed by atoms with van der Waals surface area (Å²) in [5.74, 6) is 0.504. The molecule has 1 aliphatic carbocycles. The Morgan fingerprint density at radius 3 is 2.95 bits per heavy atom. The maximum absolute atomic E-state index is 9.52. The molecule has 1 N–H and O–H groups in total. The van der Waals surface area contributed by atoms with Crippen molar-refractivity contribution in [2.24, 2.45) is 5.92 Å². The Kier molecular flexibility index (Phi) is 6.47. The van der Waals surface area contributed by atoms with Crippen LogP contribution in [-0.2, 0) is 4.74 Å². The monoisotopic (exact) mass is 293 g/mol. The summed E-state index contributed by atoms with van der Waals surface area (Å²) in [7, 11) is 1.94. The normalized spacial score (nSPS) is 34.0. The predicted molar refractivity (Wildman–Crippen MR) is 85.1 cm³/mol. The van der Waals surface area contributed by atoms with E-state index in [1.165, 1.54) is 32.2 Å². The lowest BCUT2D eigenvalue weighted by Gasteiger charge is -2.35. The smallest absolute Gasteiger partial charge is 0.109 e. The minimum atomic E-state index is -0.270. The van der Waals surface area contributed by atoms with E-state index in [-0.39, 0.29) is 5.54 Å². The molecule has 0 bridgehead atoms. The molecule has 2 rings (SSSR count). The molecule has 2 fully saturated rings. The van der Waals surface area contributed by atoms with Gasteiger partial charge in [-0.05, 0) is 64.6 Å². The number of hydrogen-bond acceptors (Lipinski definition) is 4. The molecule has 1 heterocycles. The van der Waals surface area contributed by atoms with E-state index in [1.54, 1.807) is 0 Å². The Hall–Kier alpha value is -0.630. The van der Waals surface area contributed by atoms with Crippen LogP contribution in [0.5, 0.6) is 0 Å². The average molecular weight is 293 g/mol. The quantitative estimate of drug-likeness (QED) is 0.783. The SMILES string of the molecule is CCCOC1CCCN(CCC2CCCC2(C#N)NC)C1. The largest absolute Gasteiger partial charge is 0.377 e. The first-order valence-corrected chi connectivity index (χ1v) is 8.68. The first kappa shape index (κ1) is 16.7. The number of piperidine rings is 1. The van der Waals surface area contributed by atoms with Gasteiger partial charge in [0.2, 0.25) is 0 Å². The molecule has 1 saturated heterocycles. The molecule has 0 amide bonds. The van der Waals surface area contributed by atoms with Gasteiger partial charge in [-0.3, -0.25) is 0 Å². The highest BCUT2D eigenvalue weighted by Gasteiger charge is 2.41. The van der Waals surface area contributed by atoms with Gasteiger partial charge in [0.15, 0.2) is 0 Å². The molecular formula is C17H31N3O. The minimum absolute atomic E-state index is 0.270. The van der Waals surface area contributed by atoms with E-state index in [2.05, 4.69) is 23.2 Å². The summed E-state index contributed by atoms with van der Waals surface area (Å²) in [6.07, 6.45) is 8.49. The Balaban J connectivity index is 1.78. The van der Waals surface area contributed by atoms with Crippen molar-refractivity contribution in [3.63, 3.8) is 0 Å². The molecular weight excluding hydrogens is 262 g/mol. The maximum Gasteiger partial charge on any atom is 0.109 e. The molecule has 4 nitrogen and oxygen atoms in total. The van der Waals surface area contributed by atoms with Crippen LogP contribution in [0.25, 0.3) is 0 Å². The van der Waals surface area contributed by atoms with Crippen LogP contribution in [0.3, 0.4) is 0 Å². The number of nitrogens with one attached hydrogen (secondary N) is 1. The van der Waals surface area contributed by atoms with Gasteiger partial charge < -0.3 is 15.0 Å². The summed E-state index contributed by atoms with van der Waals surface area (Å²) in [6.45, 7) is 6.43. The highest BCUT2D eigenvalue weighted by atomic mass is 16.5. The van der Waals surface area contributed by atoms with Crippen molar-refractivity contribution in [2.75, 3.05) is 33.3 Å². The van der Waals surface area contributed by atoms with Crippen molar-refractivity contribution in [2.45, 2.75) is 63.5 Å². The van der Waals surface area contributed by atoms with Gasteiger partial charge in [-0.25, -0.2) is 0 Å². The number of nitrogens with zero attached hydrogens (tertiary/aromatic N) is 2. The molecule has 1 saturated carbocycles. The Bertz CT molecular complexity index is 354. The Labute approximate surface area is 129 Å². The lowest BCUT2D eigenvalue weighted by molar-refractivity contribution is -0.00169. The molecule has 0 aromatic heterocycles. The molecule has 3 atom stereocenters. The Morgan fingerprint density at radius 1 is 1.38 bits per heavy atom. The zero-order valence-electron chi connectivity index (χ0n) is 13.7. The summed E-state index contributed by atoms with van der Waals surface area (Å²) in [5, 5.41) is 12.8. The second-order valence-corrected chi connectivity index (χ2v) is 6.65. The van der Waals surface area contributed by atoms with Crippen LogP contribution >= 0.6 is 0 Å². The van der Waals surface area contributed by atoms with E-state index in [0.29, 0.717) is 12.0 Å². The van der Waals surface area contributed by atoms with E-state index in [1.807, 2.05) is 7.05 Å². The summed E-state index contributed by atoms with van der Waals surface area (Å²) in [4.78, 5) is 2.54. The van der Waals surface area contributed by atoms with Crippen molar-refractivity contribution in [1.82, 2.24) is 10.2 Å².